The molecule has 0 amide bonds. The molecule has 0 heterocycles. The standard InChI is InChI=1S/C37H73O7P.C3H8O3/c1-3-5-7-9-11-13-15-17-19-20-22-24-26-28-30-32-37(38)44-36(35-43-45(39,40)41)34-42-33-31-29-27-25-23-21-18-16-14-12-10-8-6-4-2;4-1-3(6)2-5/h17,19,36H,3-16,18,20-35H2,1-2H3,(H2,39,40,41);3-6H,1-2H2/b19-17-;. The number of carbonyl (C=O) groups excluding carboxylic acids is 1. The number of phosphoric acid groups is 1. The van der Waals surface area contributed by atoms with E-state index in [0.717, 1.165) is 44.9 Å². The van der Waals surface area contributed by atoms with Crippen molar-refractivity contribution >= 4 is 13.8 Å². The van der Waals surface area contributed by atoms with Gasteiger partial charge in [-0.3, -0.25) is 9.32 Å². The van der Waals surface area contributed by atoms with Gasteiger partial charge in [0.15, 0.2) is 0 Å². The van der Waals surface area contributed by atoms with E-state index in [9.17, 15) is 9.36 Å². The van der Waals surface area contributed by atoms with Crippen molar-refractivity contribution in [1.29, 1.82) is 0 Å². The summed E-state index contributed by atoms with van der Waals surface area (Å²) in [5.41, 5.74) is 0. The largest absolute Gasteiger partial charge is 0.469 e. The monoisotopic (exact) mass is 753 g/mol. The summed E-state index contributed by atoms with van der Waals surface area (Å²) in [5, 5.41) is 24.0. The lowest BCUT2D eigenvalue weighted by Crippen LogP contribution is -2.28. The van der Waals surface area contributed by atoms with E-state index in [2.05, 4.69) is 30.5 Å². The summed E-state index contributed by atoms with van der Waals surface area (Å²) >= 11 is 0. The average molecular weight is 753 g/mol. The molecule has 51 heavy (non-hydrogen) atoms. The minimum Gasteiger partial charge on any atom is -0.457 e. The average Bonchev–Trinajstić information content (AvgIpc) is 3.11. The molecule has 0 aromatic carbocycles. The molecule has 0 saturated carbocycles. The van der Waals surface area contributed by atoms with Crippen molar-refractivity contribution < 1.29 is 48.5 Å². The summed E-state index contributed by atoms with van der Waals surface area (Å²) < 4.78 is 26.9. The van der Waals surface area contributed by atoms with E-state index in [4.69, 9.17) is 34.6 Å². The first kappa shape index (κ1) is 52.3. The quantitative estimate of drug-likeness (QED) is 0.0178. The predicted octanol–water partition coefficient (Wildman–Crippen LogP) is 9.87. The van der Waals surface area contributed by atoms with Gasteiger partial charge >= 0.3 is 13.8 Å². The molecule has 306 valence electrons. The van der Waals surface area contributed by atoms with Crippen LogP contribution in [0.25, 0.3) is 0 Å². The summed E-state index contributed by atoms with van der Waals surface area (Å²) in [5.74, 6) is -0.368. The number of esters is 1. The van der Waals surface area contributed by atoms with Gasteiger partial charge in [0.1, 0.15) is 12.2 Å². The molecular formula is C40H81O10P. The normalized spacial score (nSPS) is 12.4. The summed E-state index contributed by atoms with van der Waals surface area (Å²) in [6.07, 6.45) is 36.7. The van der Waals surface area contributed by atoms with Crippen LogP contribution in [0.5, 0.6) is 0 Å². The molecule has 0 fully saturated rings. The van der Waals surface area contributed by atoms with Crippen molar-refractivity contribution in [3.63, 3.8) is 0 Å². The van der Waals surface area contributed by atoms with Gasteiger partial charge in [-0.05, 0) is 38.5 Å². The maximum atomic E-state index is 12.3. The molecule has 0 aliphatic heterocycles. The Labute approximate surface area is 312 Å². The zero-order chi connectivity index (χ0) is 38.1. The van der Waals surface area contributed by atoms with Crippen molar-refractivity contribution in [3.8, 4) is 0 Å². The zero-order valence-electron chi connectivity index (χ0n) is 32.9. The molecule has 5 N–H and O–H groups in total. The van der Waals surface area contributed by atoms with Gasteiger partial charge in [0.25, 0.3) is 0 Å². The molecular weight excluding hydrogens is 671 g/mol. The summed E-state index contributed by atoms with van der Waals surface area (Å²) in [6.45, 7) is 4.03. The number of rotatable bonds is 38. The van der Waals surface area contributed by atoms with Crippen LogP contribution in [0, 0.1) is 0 Å². The maximum Gasteiger partial charge on any atom is 0.469 e. The number of ether oxygens (including phenoxy) is 2. The SMILES string of the molecule is CCCCCCCC/C=C\CCCCCCCC(=O)OC(COCCCCCCCCCCCCCCCC)COP(=O)(O)O.OCC(O)CO. The van der Waals surface area contributed by atoms with Gasteiger partial charge in [-0.1, -0.05) is 161 Å². The number of aliphatic hydroxyl groups is 3. The van der Waals surface area contributed by atoms with Crippen LogP contribution in [-0.2, 0) is 23.4 Å². The van der Waals surface area contributed by atoms with E-state index in [0.29, 0.717) is 13.0 Å². The van der Waals surface area contributed by atoms with Crippen LogP contribution in [0.4, 0.5) is 0 Å². The van der Waals surface area contributed by atoms with Gasteiger partial charge in [0, 0.05) is 13.0 Å². The first-order chi connectivity index (χ1) is 24.7. The molecule has 1 atom stereocenters. The van der Waals surface area contributed by atoms with E-state index in [-0.39, 0.29) is 32.4 Å². The number of hydrogen-bond donors (Lipinski definition) is 5. The van der Waals surface area contributed by atoms with Crippen molar-refractivity contribution in [3.05, 3.63) is 12.2 Å². The van der Waals surface area contributed by atoms with Crippen LogP contribution in [0.3, 0.4) is 0 Å². The second-order valence-corrected chi connectivity index (χ2v) is 15.2. The summed E-state index contributed by atoms with van der Waals surface area (Å²) in [4.78, 5) is 30.5. The Bertz CT molecular complexity index is 772. The predicted molar refractivity (Wildman–Crippen MR) is 209 cm³/mol. The Balaban J connectivity index is 0. The fourth-order valence-electron chi connectivity index (χ4n) is 5.55. The lowest BCUT2D eigenvalue weighted by Gasteiger charge is -2.18. The van der Waals surface area contributed by atoms with Crippen LogP contribution in [0.15, 0.2) is 12.2 Å². The summed E-state index contributed by atoms with van der Waals surface area (Å²) in [7, 11) is -4.64. The number of phosphoric ester groups is 1. The molecule has 0 aliphatic carbocycles. The maximum absolute atomic E-state index is 12.3. The minimum absolute atomic E-state index is 0.0799. The fourth-order valence-corrected chi connectivity index (χ4v) is 5.91. The molecule has 0 saturated heterocycles. The molecule has 0 spiro atoms. The van der Waals surface area contributed by atoms with E-state index >= 15 is 0 Å². The fraction of sp³-hybridized carbons (Fsp3) is 0.925. The molecule has 11 heteroatoms. The molecule has 0 radical (unpaired) electrons. The van der Waals surface area contributed by atoms with Gasteiger partial charge in [-0.2, -0.15) is 0 Å². The lowest BCUT2D eigenvalue weighted by molar-refractivity contribution is -0.154. The second kappa shape index (κ2) is 41.9. The van der Waals surface area contributed by atoms with Crippen molar-refractivity contribution in [1.82, 2.24) is 0 Å². The molecule has 0 aromatic rings. The summed E-state index contributed by atoms with van der Waals surface area (Å²) in [6, 6.07) is 0. The Hall–Kier alpha value is -0.840. The Morgan fingerprint density at radius 3 is 1.37 bits per heavy atom. The molecule has 0 aliphatic rings. The smallest absolute Gasteiger partial charge is 0.457 e. The number of aliphatic hydroxyl groups excluding tert-OH is 3. The van der Waals surface area contributed by atoms with Crippen LogP contribution < -0.4 is 0 Å². The van der Waals surface area contributed by atoms with Gasteiger partial charge < -0.3 is 34.6 Å². The third kappa shape index (κ3) is 47.1. The van der Waals surface area contributed by atoms with E-state index in [1.54, 1.807) is 0 Å². The number of hydrogen-bond acceptors (Lipinski definition) is 8. The van der Waals surface area contributed by atoms with Crippen LogP contribution in [0.1, 0.15) is 194 Å². The Morgan fingerprint density at radius 2 is 0.980 bits per heavy atom. The highest BCUT2D eigenvalue weighted by Gasteiger charge is 2.21. The van der Waals surface area contributed by atoms with E-state index in [1.807, 2.05) is 0 Å². The van der Waals surface area contributed by atoms with Crippen molar-refractivity contribution in [2.45, 2.75) is 206 Å². The van der Waals surface area contributed by atoms with Crippen LogP contribution in [0.2, 0.25) is 0 Å². The number of unbranched alkanes of at least 4 members (excludes halogenated alkanes) is 24. The highest BCUT2D eigenvalue weighted by molar-refractivity contribution is 7.46. The molecule has 0 aromatic heterocycles. The zero-order valence-corrected chi connectivity index (χ0v) is 33.8. The highest BCUT2D eigenvalue weighted by atomic mass is 31.2. The minimum atomic E-state index is -4.64. The highest BCUT2D eigenvalue weighted by Crippen LogP contribution is 2.36. The van der Waals surface area contributed by atoms with Gasteiger partial charge in [-0.15, -0.1) is 0 Å². The molecule has 0 bridgehead atoms. The van der Waals surface area contributed by atoms with E-state index in [1.165, 1.54) is 128 Å². The third-order valence-electron chi connectivity index (χ3n) is 8.74. The molecule has 1 unspecified atom stereocenters. The van der Waals surface area contributed by atoms with Gasteiger partial charge in [0.05, 0.1) is 26.4 Å². The Kier molecular flexibility index (Phi) is 42.9. The number of carbonyl (C=O) groups is 1. The lowest BCUT2D eigenvalue weighted by atomic mass is 10.0. The van der Waals surface area contributed by atoms with Crippen LogP contribution >= 0.6 is 7.82 Å². The van der Waals surface area contributed by atoms with Gasteiger partial charge in [-0.25, -0.2) is 4.57 Å². The van der Waals surface area contributed by atoms with Crippen molar-refractivity contribution in [2.75, 3.05) is 33.0 Å². The van der Waals surface area contributed by atoms with Gasteiger partial charge in [0.2, 0.25) is 0 Å². The topological polar surface area (TPSA) is 163 Å². The third-order valence-corrected chi connectivity index (χ3v) is 9.22. The van der Waals surface area contributed by atoms with Crippen LogP contribution in [-0.4, -0.2) is 76.3 Å². The first-order valence-corrected chi connectivity index (χ1v) is 22.2. The Morgan fingerprint density at radius 1 is 0.588 bits per heavy atom. The molecule has 10 nitrogen and oxygen atoms in total. The first-order valence-electron chi connectivity index (χ1n) is 20.7. The molecule has 0 rings (SSSR count). The number of allylic oxidation sites excluding steroid dienone is 2. The second-order valence-electron chi connectivity index (χ2n) is 13.9. The van der Waals surface area contributed by atoms with E-state index < -0.39 is 20.0 Å². The van der Waals surface area contributed by atoms with Crippen molar-refractivity contribution in [2.24, 2.45) is 0 Å².